The van der Waals surface area contributed by atoms with Gasteiger partial charge in [0.1, 0.15) is 6.10 Å². The highest BCUT2D eigenvalue weighted by atomic mass is 16.5. The van der Waals surface area contributed by atoms with Crippen LogP contribution in [0.25, 0.3) is 0 Å². The Morgan fingerprint density at radius 1 is 1.37 bits per heavy atom. The number of rotatable bonds is 3. The van der Waals surface area contributed by atoms with Crippen molar-refractivity contribution in [3.8, 4) is 0 Å². The van der Waals surface area contributed by atoms with Gasteiger partial charge in [-0.25, -0.2) is 0 Å². The number of hydrogen-bond acceptors (Lipinski definition) is 2. The Hall–Kier alpha value is -1.35. The monoisotopic (exact) mass is 261 g/mol. The topological polar surface area (TPSA) is 29.5 Å². The molecule has 3 heteroatoms. The van der Waals surface area contributed by atoms with E-state index in [0.29, 0.717) is 0 Å². The van der Waals surface area contributed by atoms with Gasteiger partial charge in [0, 0.05) is 13.7 Å². The molecule has 0 spiro atoms. The van der Waals surface area contributed by atoms with Gasteiger partial charge in [-0.3, -0.25) is 4.79 Å². The van der Waals surface area contributed by atoms with Gasteiger partial charge >= 0.3 is 0 Å². The number of carbonyl (C=O) groups is 1. The normalized spacial score (nSPS) is 20.6. The fourth-order valence-electron chi connectivity index (χ4n) is 2.68. The molecule has 1 saturated heterocycles. The largest absolute Gasteiger partial charge is 0.372 e. The maximum atomic E-state index is 12.3. The van der Waals surface area contributed by atoms with E-state index in [0.717, 1.165) is 19.4 Å². The molecular weight excluding hydrogens is 238 g/mol. The molecule has 0 bridgehead atoms. The lowest BCUT2D eigenvalue weighted by Crippen LogP contribution is -2.38. The van der Waals surface area contributed by atoms with E-state index in [1.165, 1.54) is 16.7 Å². The van der Waals surface area contributed by atoms with Gasteiger partial charge in [0.15, 0.2) is 0 Å². The van der Waals surface area contributed by atoms with Crippen molar-refractivity contribution in [2.75, 3.05) is 13.7 Å². The summed E-state index contributed by atoms with van der Waals surface area (Å²) in [6.45, 7) is 6.89. The van der Waals surface area contributed by atoms with Crippen LogP contribution in [-0.2, 0) is 9.53 Å². The van der Waals surface area contributed by atoms with Crippen molar-refractivity contribution < 1.29 is 9.53 Å². The molecule has 0 aromatic heterocycles. The zero-order valence-corrected chi connectivity index (χ0v) is 12.3. The number of ether oxygens (including phenoxy) is 1. The summed E-state index contributed by atoms with van der Waals surface area (Å²) in [5.74, 6) is 0.100. The quantitative estimate of drug-likeness (QED) is 0.837. The average Bonchev–Trinajstić information content (AvgIpc) is 2.89. The molecule has 0 N–H and O–H groups in total. The predicted octanol–water partition coefficient (Wildman–Crippen LogP) is 3.00. The summed E-state index contributed by atoms with van der Waals surface area (Å²) in [5.41, 5.74) is 3.83. The SMILES string of the molecule is COC(C)C(=O)N1CCCC1c1ccc(C)c(C)c1. The molecule has 1 aromatic carbocycles. The summed E-state index contributed by atoms with van der Waals surface area (Å²) >= 11 is 0. The number of carbonyl (C=O) groups excluding carboxylic acids is 1. The van der Waals surface area contributed by atoms with Crippen molar-refractivity contribution in [3.63, 3.8) is 0 Å². The van der Waals surface area contributed by atoms with Gasteiger partial charge in [0.25, 0.3) is 5.91 Å². The van der Waals surface area contributed by atoms with E-state index < -0.39 is 0 Å². The van der Waals surface area contributed by atoms with Crippen molar-refractivity contribution in [2.45, 2.75) is 45.8 Å². The Balaban J connectivity index is 2.23. The number of aryl methyl sites for hydroxylation is 2. The average molecular weight is 261 g/mol. The molecule has 2 atom stereocenters. The third-order valence-corrected chi connectivity index (χ3v) is 4.15. The van der Waals surface area contributed by atoms with Crippen LogP contribution < -0.4 is 0 Å². The van der Waals surface area contributed by atoms with E-state index in [9.17, 15) is 4.79 Å². The van der Waals surface area contributed by atoms with Crippen LogP contribution in [0, 0.1) is 13.8 Å². The van der Waals surface area contributed by atoms with Gasteiger partial charge in [-0.1, -0.05) is 18.2 Å². The van der Waals surface area contributed by atoms with Gasteiger partial charge in [0.05, 0.1) is 6.04 Å². The zero-order valence-electron chi connectivity index (χ0n) is 12.3. The molecule has 0 saturated carbocycles. The standard InChI is InChI=1S/C16H23NO2/c1-11-7-8-14(10-12(11)2)15-6-5-9-17(15)16(18)13(3)19-4/h7-8,10,13,15H,5-6,9H2,1-4H3. The zero-order chi connectivity index (χ0) is 14.0. The van der Waals surface area contributed by atoms with Crippen LogP contribution in [0.1, 0.15) is 42.5 Å². The Morgan fingerprint density at radius 3 is 2.74 bits per heavy atom. The Kier molecular flexibility index (Phi) is 4.25. The van der Waals surface area contributed by atoms with E-state index >= 15 is 0 Å². The first-order valence-corrected chi connectivity index (χ1v) is 6.95. The van der Waals surface area contributed by atoms with Crippen molar-refractivity contribution in [3.05, 3.63) is 34.9 Å². The molecule has 1 aliphatic heterocycles. The Labute approximate surface area is 115 Å². The second kappa shape index (κ2) is 5.74. The number of methoxy groups -OCH3 is 1. The molecule has 3 nitrogen and oxygen atoms in total. The van der Waals surface area contributed by atoms with Gasteiger partial charge in [-0.2, -0.15) is 0 Å². The third-order valence-electron chi connectivity index (χ3n) is 4.15. The van der Waals surface area contributed by atoms with Crippen molar-refractivity contribution >= 4 is 5.91 Å². The summed E-state index contributed by atoms with van der Waals surface area (Å²) in [5, 5.41) is 0. The summed E-state index contributed by atoms with van der Waals surface area (Å²) in [7, 11) is 1.59. The molecule has 1 heterocycles. The van der Waals surface area contributed by atoms with Crippen molar-refractivity contribution in [2.24, 2.45) is 0 Å². The molecule has 19 heavy (non-hydrogen) atoms. The van der Waals surface area contributed by atoms with E-state index in [2.05, 4.69) is 32.0 Å². The van der Waals surface area contributed by atoms with Crippen LogP contribution in [0.2, 0.25) is 0 Å². The minimum atomic E-state index is -0.354. The molecule has 0 radical (unpaired) electrons. The fourth-order valence-corrected chi connectivity index (χ4v) is 2.68. The molecule has 1 aliphatic rings. The lowest BCUT2D eigenvalue weighted by molar-refractivity contribution is -0.141. The van der Waals surface area contributed by atoms with Crippen molar-refractivity contribution in [1.29, 1.82) is 0 Å². The number of nitrogens with zero attached hydrogens (tertiary/aromatic N) is 1. The summed E-state index contributed by atoms with van der Waals surface area (Å²) in [6, 6.07) is 6.72. The molecular formula is C16H23NO2. The molecule has 104 valence electrons. The van der Waals surface area contributed by atoms with Gasteiger partial charge in [-0.05, 0) is 50.3 Å². The maximum Gasteiger partial charge on any atom is 0.251 e. The van der Waals surface area contributed by atoms with Gasteiger partial charge in [0.2, 0.25) is 0 Å². The minimum absolute atomic E-state index is 0.100. The van der Waals surface area contributed by atoms with Crippen LogP contribution in [0.3, 0.4) is 0 Å². The Morgan fingerprint density at radius 2 is 2.11 bits per heavy atom. The minimum Gasteiger partial charge on any atom is -0.372 e. The molecule has 2 unspecified atom stereocenters. The van der Waals surface area contributed by atoms with E-state index in [1.54, 1.807) is 7.11 Å². The van der Waals surface area contributed by atoms with E-state index in [-0.39, 0.29) is 18.1 Å². The lowest BCUT2D eigenvalue weighted by atomic mass is 9.99. The molecule has 0 aliphatic carbocycles. The van der Waals surface area contributed by atoms with E-state index in [1.807, 2.05) is 11.8 Å². The highest BCUT2D eigenvalue weighted by Gasteiger charge is 2.32. The van der Waals surface area contributed by atoms with Crippen LogP contribution in [-0.4, -0.2) is 30.6 Å². The van der Waals surface area contributed by atoms with Gasteiger partial charge < -0.3 is 9.64 Å². The second-order valence-corrected chi connectivity index (χ2v) is 5.41. The van der Waals surface area contributed by atoms with Crippen LogP contribution in [0.4, 0.5) is 0 Å². The highest BCUT2D eigenvalue weighted by molar-refractivity contribution is 5.81. The van der Waals surface area contributed by atoms with Crippen molar-refractivity contribution in [1.82, 2.24) is 4.90 Å². The molecule has 1 fully saturated rings. The summed E-state index contributed by atoms with van der Waals surface area (Å²) < 4.78 is 5.16. The molecule has 1 aromatic rings. The fraction of sp³-hybridized carbons (Fsp3) is 0.562. The van der Waals surface area contributed by atoms with Gasteiger partial charge in [-0.15, -0.1) is 0 Å². The number of benzene rings is 1. The second-order valence-electron chi connectivity index (χ2n) is 5.41. The first-order chi connectivity index (χ1) is 9.04. The summed E-state index contributed by atoms with van der Waals surface area (Å²) in [6.07, 6.45) is 1.76. The lowest BCUT2D eigenvalue weighted by Gasteiger charge is -2.27. The molecule has 2 rings (SSSR count). The number of likely N-dealkylation sites (tertiary alicyclic amines) is 1. The summed E-state index contributed by atoms with van der Waals surface area (Å²) in [4.78, 5) is 14.3. The van der Waals surface area contributed by atoms with Crippen LogP contribution in [0.5, 0.6) is 0 Å². The maximum absolute atomic E-state index is 12.3. The van der Waals surface area contributed by atoms with Crippen LogP contribution in [0.15, 0.2) is 18.2 Å². The number of amides is 1. The first-order valence-electron chi connectivity index (χ1n) is 6.95. The highest BCUT2D eigenvalue weighted by Crippen LogP contribution is 2.33. The predicted molar refractivity (Wildman–Crippen MR) is 76.1 cm³/mol. The smallest absolute Gasteiger partial charge is 0.251 e. The Bertz CT molecular complexity index is 470. The number of hydrogen-bond donors (Lipinski definition) is 0. The van der Waals surface area contributed by atoms with Crippen LogP contribution >= 0.6 is 0 Å². The first kappa shape index (κ1) is 14.1. The van der Waals surface area contributed by atoms with E-state index in [4.69, 9.17) is 4.74 Å². The molecule has 1 amide bonds. The third kappa shape index (κ3) is 2.81.